The first-order valence-corrected chi connectivity index (χ1v) is 3.60. The zero-order valence-electron chi connectivity index (χ0n) is 6.95. The molecule has 0 spiro atoms. The van der Waals surface area contributed by atoms with Crippen molar-refractivity contribution < 1.29 is 14.4 Å². The van der Waals surface area contributed by atoms with Crippen molar-refractivity contribution >= 4 is 5.69 Å². The lowest BCUT2D eigenvalue weighted by atomic mass is 10.1. The molecular formula is C8H8FNO3. The van der Waals surface area contributed by atoms with Gasteiger partial charge >= 0.3 is 0 Å². The van der Waals surface area contributed by atoms with E-state index in [-0.39, 0.29) is 16.8 Å². The number of aliphatic hydroxyl groups excluding tert-OH is 1. The van der Waals surface area contributed by atoms with Crippen molar-refractivity contribution in [3.05, 3.63) is 39.2 Å². The van der Waals surface area contributed by atoms with Gasteiger partial charge in [0.15, 0.2) is 0 Å². The number of hydrogen-bond acceptors (Lipinski definition) is 3. The summed E-state index contributed by atoms with van der Waals surface area (Å²) in [6, 6.07) is 2.03. The summed E-state index contributed by atoms with van der Waals surface area (Å²) in [5.74, 6) is -0.577. The van der Waals surface area contributed by atoms with Gasteiger partial charge in [-0.2, -0.15) is 0 Å². The van der Waals surface area contributed by atoms with Gasteiger partial charge in [-0.25, -0.2) is 4.39 Å². The fourth-order valence-corrected chi connectivity index (χ4v) is 1.19. The zero-order valence-corrected chi connectivity index (χ0v) is 6.95. The number of nitro groups is 1. The Bertz CT molecular complexity index is 351. The number of benzene rings is 1. The lowest BCUT2D eigenvalue weighted by molar-refractivity contribution is -0.386. The molecule has 1 aromatic rings. The van der Waals surface area contributed by atoms with Crippen LogP contribution in [0, 0.1) is 22.9 Å². The van der Waals surface area contributed by atoms with Gasteiger partial charge in [0.1, 0.15) is 5.82 Å². The molecule has 70 valence electrons. The molecule has 0 aromatic heterocycles. The fraction of sp³-hybridized carbons (Fsp3) is 0.250. The number of hydrogen-bond donors (Lipinski definition) is 1. The molecule has 0 aliphatic carbocycles. The van der Waals surface area contributed by atoms with Gasteiger partial charge < -0.3 is 5.11 Å². The van der Waals surface area contributed by atoms with E-state index >= 15 is 0 Å². The zero-order chi connectivity index (χ0) is 10.0. The number of aryl methyl sites for hydroxylation is 1. The number of rotatable bonds is 2. The van der Waals surface area contributed by atoms with Crippen LogP contribution in [0.25, 0.3) is 0 Å². The molecule has 4 nitrogen and oxygen atoms in total. The predicted molar refractivity (Wildman–Crippen MR) is 43.7 cm³/mol. The lowest BCUT2D eigenvalue weighted by Gasteiger charge is -2.02. The van der Waals surface area contributed by atoms with Crippen molar-refractivity contribution in [1.29, 1.82) is 0 Å². The maximum atomic E-state index is 12.7. The van der Waals surface area contributed by atoms with Crippen molar-refractivity contribution in [2.45, 2.75) is 13.5 Å². The molecule has 0 atom stereocenters. The lowest BCUT2D eigenvalue weighted by Crippen LogP contribution is -1.99. The van der Waals surface area contributed by atoms with E-state index in [1.54, 1.807) is 0 Å². The summed E-state index contributed by atoms with van der Waals surface area (Å²) in [6.45, 7) is 0.898. The van der Waals surface area contributed by atoms with Crippen LogP contribution in [0.4, 0.5) is 10.1 Å². The Labute approximate surface area is 73.8 Å². The largest absolute Gasteiger partial charge is 0.391 e. The van der Waals surface area contributed by atoms with Crippen LogP contribution >= 0.6 is 0 Å². The van der Waals surface area contributed by atoms with Crippen molar-refractivity contribution in [2.24, 2.45) is 0 Å². The van der Waals surface area contributed by atoms with Gasteiger partial charge in [0.25, 0.3) is 5.69 Å². The van der Waals surface area contributed by atoms with E-state index in [0.717, 1.165) is 12.1 Å². The Morgan fingerprint density at radius 2 is 2.23 bits per heavy atom. The van der Waals surface area contributed by atoms with Gasteiger partial charge in [-0.15, -0.1) is 0 Å². The highest BCUT2D eigenvalue weighted by Gasteiger charge is 2.17. The summed E-state index contributed by atoms with van der Waals surface area (Å²) in [6.07, 6.45) is 0. The Hall–Kier alpha value is -1.49. The van der Waals surface area contributed by atoms with Gasteiger partial charge in [-0.1, -0.05) is 0 Å². The minimum Gasteiger partial charge on any atom is -0.391 e. The molecule has 1 N–H and O–H groups in total. The van der Waals surface area contributed by atoms with Gasteiger partial charge in [-0.3, -0.25) is 10.1 Å². The topological polar surface area (TPSA) is 63.4 Å². The highest BCUT2D eigenvalue weighted by atomic mass is 19.1. The normalized spacial score (nSPS) is 10.1. The van der Waals surface area contributed by atoms with Crippen LogP contribution in [0.5, 0.6) is 0 Å². The molecule has 0 aliphatic rings. The number of aliphatic hydroxyl groups is 1. The summed E-state index contributed by atoms with van der Waals surface area (Å²) in [5.41, 5.74) is 0.000417. The molecule has 0 aliphatic heterocycles. The summed E-state index contributed by atoms with van der Waals surface area (Å²) in [5, 5.41) is 19.2. The van der Waals surface area contributed by atoms with E-state index in [4.69, 9.17) is 5.11 Å². The predicted octanol–water partition coefficient (Wildman–Crippen LogP) is 1.53. The van der Waals surface area contributed by atoms with Gasteiger partial charge in [0.2, 0.25) is 0 Å². The summed E-state index contributed by atoms with van der Waals surface area (Å²) in [7, 11) is 0. The van der Waals surface area contributed by atoms with Crippen molar-refractivity contribution in [3.63, 3.8) is 0 Å². The first kappa shape index (κ1) is 9.60. The van der Waals surface area contributed by atoms with E-state index in [0.29, 0.717) is 0 Å². The SMILES string of the molecule is Cc1cc(F)cc(CO)c1[N+](=O)[O-]. The van der Waals surface area contributed by atoms with Crippen LogP contribution in [-0.4, -0.2) is 10.0 Å². The van der Waals surface area contributed by atoms with Crippen molar-refractivity contribution in [3.8, 4) is 0 Å². The molecule has 1 rings (SSSR count). The third kappa shape index (κ3) is 1.81. The Morgan fingerprint density at radius 3 is 2.69 bits per heavy atom. The minimum atomic E-state index is -0.625. The van der Waals surface area contributed by atoms with Gasteiger partial charge in [0, 0.05) is 5.56 Å². The maximum absolute atomic E-state index is 12.7. The summed E-state index contributed by atoms with van der Waals surface area (Å²) >= 11 is 0. The highest BCUT2D eigenvalue weighted by molar-refractivity contribution is 5.47. The van der Waals surface area contributed by atoms with Crippen LogP contribution in [0.3, 0.4) is 0 Å². The van der Waals surface area contributed by atoms with E-state index in [1.165, 1.54) is 6.92 Å². The second-order valence-corrected chi connectivity index (χ2v) is 2.65. The number of nitrogens with zero attached hydrogens (tertiary/aromatic N) is 1. The second-order valence-electron chi connectivity index (χ2n) is 2.65. The van der Waals surface area contributed by atoms with E-state index in [1.807, 2.05) is 0 Å². The molecule has 0 radical (unpaired) electrons. The summed E-state index contributed by atoms with van der Waals surface area (Å²) in [4.78, 5) is 9.86. The monoisotopic (exact) mass is 185 g/mol. The van der Waals surface area contributed by atoms with Gasteiger partial charge in [0.05, 0.1) is 17.1 Å². The average Bonchev–Trinajstić information content (AvgIpc) is 2.01. The fourth-order valence-electron chi connectivity index (χ4n) is 1.19. The number of halogens is 1. The molecule has 5 heteroatoms. The average molecular weight is 185 g/mol. The standard InChI is InChI=1S/C8H8FNO3/c1-5-2-7(9)3-6(4-11)8(5)10(12)13/h2-3,11H,4H2,1H3. The Morgan fingerprint density at radius 1 is 1.62 bits per heavy atom. The molecule has 0 heterocycles. The molecule has 0 saturated heterocycles. The quantitative estimate of drug-likeness (QED) is 0.561. The van der Waals surface area contributed by atoms with Crippen LogP contribution < -0.4 is 0 Å². The van der Waals surface area contributed by atoms with Crippen LogP contribution in [0.15, 0.2) is 12.1 Å². The second kappa shape index (κ2) is 3.49. The molecule has 0 amide bonds. The number of nitro benzene ring substituents is 1. The summed E-state index contributed by atoms with van der Waals surface area (Å²) < 4.78 is 12.7. The van der Waals surface area contributed by atoms with Crippen LogP contribution in [-0.2, 0) is 6.61 Å². The third-order valence-electron chi connectivity index (χ3n) is 1.70. The maximum Gasteiger partial charge on any atom is 0.277 e. The first-order valence-electron chi connectivity index (χ1n) is 3.60. The van der Waals surface area contributed by atoms with E-state index < -0.39 is 17.3 Å². The van der Waals surface area contributed by atoms with Crippen LogP contribution in [0.1, 0.15) is 11.1 Å². The molecule has 0 fully saturated rings. The Balaban J connectivity index is 3.38. The van der Waals surface area contributed by atoms with Crippen molar-refractivity contribution in [1.82, 2.24) is 0 Å². The molecular weight excluding hydrogens is 177 g/mol. The smallest absolute Gasteiger partial charge is 0.277 e. The van der Waals surface area contributed by atoms with E-state index in [2.05, 4.69) is 0 Å². The molecule has 13 heavy (non-hydrogen) atoms. The molecule has 1 aromatic carbocycles. The molecule has 0 unspecified atom stereocenters. The Kier molecular flexibility index (Phi) is 2.57. The van der Waals surface area contributed by atoms with Gasteiger partial charge in [-0.05, 0) is 19.1 Å². The molecule has 0 saturated carbocycles. The highest BCUT2D eigenvalue weighted by Crippen LogP contribution is 2.24. The van der Waals surface area contributed by atoms with Crippen molar-refractivity contribution in [2.75, 3.05) is 0 Å². The first-order chi connectivity index (χ1) is 6.06. The third-order valence-corrected chi connectivity index (χ3v) is 1.70. The molecule has 0 bridgehead atoms. The van der Waals surface area contributed by atoms with Crippen LogP contribution in [0.2, 0.25) is 0 Å². The minimum absolute atomic E-state index is 0.00231. The van der Waals surface area contributed by atoms with E-state index in [9.17, 15) is 14.5 Å².